The van der Waals surface area contributed by atoms with Gasteiger partial charge in [-0.05, 0) is 35.9 Å². The van der Waals surface area contributed by atoms with Crippen molar-refractivity contribution in [2.75, 3.05) is 0 Å². The third-order valence-electron chi connectivity index (χ3n) is 3.11. The van der Waals surface area contributed by atoms with Gasteiger partial charge in [0.25, 0.3) is 0 Å². The van der Waals surface area contributed by atoms with E-state index in [1.165, 1.54) is 18.3 Å². The quantitative estimate of drug-likeness (QED) is 0.677. The molecule has 0 N–H and O–H groups in total. The Morgan fingerprint density at radius 3 is 2.74 bits per heavy atom. The molecule has 0 atom stereocenters. The molecule has 6 heteroatoms. The molecule has 0 aliphatic carbocycles. The van der Waals surface area contributed by atoms with Gasteiger partial charge in [-0.25, -0.2) is 9.37 Å². The van der Waals surface area contributed by atoms with Crippen LogP contribution < -0.4 is 0 Å². The second-order valence-corrected chi connectivity index (χ2v) is 4.82. The second kappa shape index (κ2) is 6.83. The van der Waals surface area contributed by atoms with Crippen molar-refractivity contribution < 1.29 is 18.3 Å². The highest BCUT2D eigenvalue weighted by molar-refractivity contribution is 5.72. The van der Waals surface area contributed by atoms with Gasteiger partial charge in [0.1, 0.15) is 5.82 Å². The molecule has 5 nitrogen and oxygen atoms in total. The van der Waals surface area contributed by atoms with E-state index in [1.54, 1.807) is 36.7 Å². The Morgan fingerprint density at radius 2 is 2.00 bits per heavy atom. The van der Waals surface area contributed by atoms with E-state index in [0.717, 1.165) is 5.56 Å². The van der Waals surface area contributed by atoms with E-state index >= 15 is 0 Å². The van der Waals surface area contributed by atoms with E-state index in [2.05, 4.69) is 9.97 Å². The number of hydrogen-bond donors (Lipinski definition) is 0. The molecule has 0 fully saturated rings. The lowest BCUT2D eigenvalue weighted by molar-refractivity contribution is -0.144. The summed E-state index contributed by atoms with van der Waals surface area (Å²) in [6.45, 7) is -0.0553. The number of nitrogens with zero attached hydrogens (tertiary/aromatic N) is 2. The number of aromatic nitrogens is 2. The van der Waals surface area contributed by atoms with Crippen molar-refractivity contribution in [3.8, 4) is 11.3 Å². The van der Waals surface area contributed by atoms with Gasteiger partial charge in [0.15, 0.2) is 12.4 Å². The number of oxazole rings is 1. The third kappa shape index (κ3) is 4.00. The van der Waals surface area contributed by atoms with E-state index in [-0.39, 0.29) is 30.7 Å². The number of benzene rings is 1. The summed E-state index contributed by atoms with van der Waals surface area (Å²) in [6, 6.07) is 9.41. The Morgan fingerprint density at radius 1 is 1.17 bits per heavy atom. The Labute approximate surface area is 131 Å². The lowest BCUT2D eigenvalue weighted by Gasteiger charge is -2.02. The van der Waals surface area contributed by atoms with Gasteiger partial charge in [-0.3, -0.25) is 9.78 Å². The number of halogens is 1. The maximum atomic E-state index is 12.9. The van der Waals surface area contributed by atoms with Crippen LogP contribution in [-0.4, -0.2) is 15.9 Å². The molecule has 0 radical (unpaired) electrons. The Balaban J connectivity index is 1.57. The highest BCUT2D eigenvalue weighted by Crippen LogP contribution is 2.20. The molecular weight excluding hydrogens is 299 g/mol. The summed E-state index contributed by atoms with van der Waals surface area (Å²) in [7, 11) is 0. The largest absolute Gasteiger partial charge is 0.455 e. The zero-order chi connectivity index (χ0) is 16.1. The van der Waals surface area contributed by atoms with E-state index in [0.29, 0.717) is 11.3 Å². The molecule has 23 heavy (non-hydrogen) atoms. The molecule has 0 amide bonds. The van der Waals surface area contributed by atoms with Crippen molar-refractivity contribution in [1.29, 1.82) is 0 Å². The molecule has 0 aliphatic heterocycles. The lowest BCUT2D eigenvalue weighted by atomic mass is 10.2. The van der Waals surface area contributed by atoms with Gasteiger partial charge in [-0.2, -0.15) is 0 Å². The molecule has 3 rings (SSSR count). The van der Waals surface area contributed by atoms with Gasteiger partial charge >= 0.3 is 5.97 Å². The third-order valence-corrected chi connectivity index (χ3v) is 3.11. The fraction of sp³-hybridized carbons (Fsp3) is 0.118. The van der Waals surface area contributed by atoms with Crippen LogP contribution >= 0.6 is 0 Å². The Kier molecular flexibility index (Phi) is 4.42. The summed E-state index contributed by atoms with van der Waals surface area (Å²) in [6.07, 6.45) is 4.90. The monoisotopic (exact) mass is 312 g/mol. The van der Waals surface area contributed by atoms with Crippen molar-refractivity contribution in [3.05, 3.63) is 72.3 Å². The fourth-order valence-electron chi connectivity index (χ4n) is 1.99. The van der Waals surface area contributed by atoms with Gasteiger partial charge < -0.3 is 9.15 Å². The van der Waals surface area contributed by atoms with E-state index in [4.69, 9.17) is 9.15 Å². The second-order valence-electron chi connectivity index (χ2n) is 4.82. The maximum Gasteiger partial charge on any atom is 0.310 e. The van der Waals surface area contributed by atoms with Crippen molar-refractivity contribution >= 4 is 5.97 Å². The van der Waals surface area contributed by atoms with Crippen LogP contribution in [-0.2, 0) is 22.6 Å². The SMILES string of the molecule is O=C(Cc1cccnc1)OCc1ncc(-c2ccc(F)cc2)o1. The topological polar surface area (TPSA) is 65.2 Å². The molecule has 0 spiro atoms. The van der Waals surface area contributed by atoms with Crippen LogP contribution in [0.4, 0.5) is 4.39 Å². The van der Waals surface area contributed by atoms with Crippen LogP contribution in [0.3, 0.4) is 0 Å². The maximum absolute atomic E-state index is 12.9. The van der Waals surface area contributed by atoms with Gasteiger partial charge in [0.2, 0.25) is 5.89 Å². The molecule has 2 heterocycles. The van der Waals surface area contributed by atoms with E-state index in [1.807, 2.05) is 0 Å². The molecule has 0 aliphatic rings. The van der Waals surface area contributed by atoms with Crippen molar-refractivity contribution in [1.82, 2.24) is 9.97 Å². The molecule has 0 unspecified atom stereocenters. The molecule has 2 aromatic heterocycles. The fourth-order valence-corrected chi connectivity index (χ4v) is 1.99. The summed E-state index contributed by atoms with van der Waals surface area (Å²) in [5.74, 6) is 0.0597. The van der Waals surface area contributed by atoms with Gasteiger partial charge in [-0.1, -0.05) is 6.07 Å². The summed E-state index contributed by atoms with van der Waals surface area (Å²) in [5.41, 5.74) is 1.48. The predicted octanol–water partition coefficient (Wildman–Crippen LogP) is 3.16. The first-order chi connectivity index (χ1) is 11.2. The number of hydrogen-bond acceptors (Lipinski definition) is 5. The summed E-state index contributed by atoms with van der Waals surface area (Å²) in [4.78, 5) is 19.7. The molecular formula is C17H13FN2O3. The van der Waals surface area contributed by atoms with Crippen LogP contribution in [0.15, 0.2) is 59.4 Å². The average Bonchev–Trinajstić information content (AvgIpc) is 3.04. The van der Waals surface area contributed by atoms with Crippen molar-refractivity contribution in [2.24, 2.45) is 0 Å². The first-order valence-corrected chi connectivity index (χ1v) is 6.96. The lowest BCUT2D eigenvalue weighted by Crippen LogP contribution is -2.08. The number of carbonyl (C=O) groups excluding carboxylic acids is 1. The molecule has 1 aromatic carbocycles. The molecule has 3 aromatic rings. The molecule has 0 saturated carbocycles. The Bertz CT molecular complexity index is 785. The van der Waals surface area contributed by atoms with Crippen molar-refractivity contribution in [2.45, 2.75) is 13.0 Å². The van der Waals surface area contributed by atoms with Gasteiger partial charge in [0, 0.05) is 18.0 Å². The minimum Gasteiger partial charge on any atom is -0.455 e. The van der Waals surface area contributed by atoms with Gasteiger partial charge in [0.05, 0.1) is 12.6 Å². The van der Waals surface area contributed by atoms with Crippen LogP contribution in [0.25, 0.3) is 11.3 Å². The number of rotatable bonds is 5. The summed E-state index contributed by atoms with van der Waals surface area (Å²) >= 11 is 0. The number of pyridine rings is 1. The average molecular weight is 312 g/mol. The van der Waals surface area contributed by atoms with Crippen LogP contribution in [0, 0.1) is 5.82 Å². The normalized spacial score (nSPS) is 10.5. The van der Waals surface area contributed by atoms with Crippen LogP contribution in [0.5, 0.6) is 0 Å². The van der Waals surface area contributed by atoms with Crippen LogP contribution in [0.2, 0.25) is 0 Å². The van der Waals surface area contributed by atoms with Gasteiger partial charge in [-0.15, -0.1) is 0 Å². The highest BCUT2D eigenvalue weighted by atomic mass is 19.1. The minimum absolute atomic E-state index is 0.0553. The predicted molar refractivity (Wildman–Crippen MR) is 79.6 cm³/mol. The zero-order valence-electron chi connectivity index (χ0n) is 12.1. The zero-order valence-corrected chi connectivity index (χ0v) is 12.1. The minimum atomic E-state index is -0.389. The first kappa shape index (κ1) is 14.9. The van der Waals surface area contributed by atoms with Crippen LogP contribution in [0.1, 0.15) is 11.5 Å². The highest BCUT2D eigenvalue weighted by Gasteiger charge is 2.10. The van der Waals surface area contributed by atoms with E-state index < -0.39 is 0 Å². The van der Waals surface area contributed by atoms with Crippen molar-refractivity contribution in [3.63, 3.8) is 0 Å². The Hall–Kier alpha value is -3.02. The van der Waals surface area contributed by atoms with E-state index in [9.17, 15) is 9.18 Å². The molecule has 116 valence electrons. The first-order valence-electron chi connectivity index (χ1n) is 6.96. The molecule has 0 saturated heterocycles. The summed E-state index contributed by atoms with van der Waals surface area (Å²) in [5, 5.41) is 0. The molecule has 0 bridgehead atoms. The number of esters is 1. The summed E-state index contributed by atoms with van der Waals surface area (Å²) < 4.78 is 23.5. The number of ether oxygens (including phenoxy) is 1. The number of carbonyl (C=O) groups is 1. The smallest absolute Gasteiger partial charge is 0.310 e. The standard InChI is InChI=1S/C17H13FN2O3/c18-14-5-3-13(4-6-14)15-10-20-16(23-15)11-22-17(21)8-12-2-1-7-19-9-12/h1-7,9-10H,8,11H2.